The van der Waals surface area contributed by atoms with Crippen molar-refractivity contribution < 1.29 is 5.11 Å². The first-order valence-corrected chi connectivity index (χ1v) is 8.16. The third-order valence-electron chi connectivity index (χ3n) is 4.09. The third kappa shape index (κ3) is 3.98. The van der Waals surface area contributed by atoms with E-state index in [0.29, 0.717) is 6.54 Å². The summed E-state index contributed by atoms with van der Waals surface area (Å²) in [5.41, 5.74) is 13.5. The van der Waals surface area contributed by atoms with Crippen molar-refractivity contribution in [1.82, 2.24) is 4.98 Å². The van der Waals surface area contributed by atoms with Gasteiger partial charge >= 0.3 is 0 Å². The van der Waals surface area contributed by atoms with Gasteiger partial charge in [-0.2, -0.15) is 0 Å². The van der Waals surface area contributed by atoms with Crippen LogP contribution in [0.1, 0.15) is 48.8 Å². The maximum absolute atomic E-state index is 9.88. The number of aromatic nitrogens is 1. The molecule has 0 aliphatic carbocycles. The summed E-state index contributed by atoms with van der Waals surface area (Å²) in [6, 6.07) is 8.39. The van der Waals surface area contributed by atoms with Gasteiger partial charge in [0.1, 0.15) is 0 Å². The highest BCUT2D eigenvalue weighted by atomic mass is 16.3. The fraction of sp³-hybridized carbons (Fsp3) is 0.450. The Morgan fingerprint density at radius 3 is 2.13 bits per heavy atom. The minimum absolute atomic E-state index is 0.0230. The monoisotopic (exact) mass is 312 g/mol. The van der Waals surface area contributed by atoms with Gasteiger partial charge in [0.2, 0.25) is 0 Å². The van der Waals surface area contributed by atoms with Crippen molar-refractivity contribution in [3.05, 3.63) is 52.3 Å². The lowest BCUT2D eigenvalue weighted by atomic mass is 9.85. The van der Waals surface area contributed by atoms with Crippen LogP contribution in [0.15, 0.2) is 24.3 Å². The SMILES string of the molecule is Cc1ccc(-c2c(CO)c(C)nc(CC(C)(C)C)c2CN)cc1. The van der Waals surface area contributed by atoms with Crippen molar-refractivity contribution in [2.45, 2.75) is 54.2 Å². The molecule has 0 unspecified atom stereocenters. The van der Waals surface area contributed by atoms with E-state index in [4.69, 9.17) is 10.7 Å². The summed E-state index contributed by atoms with van der Waals surface area (Å²) < 4.78 is 0. The van der Waals surface area contributed by atoms with E-state index in [-0.39, 0.29) is 12.0 Å². The first-order chi connectivity index (χ1) is 10.8. The molecule has 124 valence electrons. The summed E-state index contributed by atoms with van der Waals surface area (Å²) >= 11 is 0. The van der Waals surface area contributed by atoms with Gasteiger partial charge in [0.15, 0.2) is 0 Å². The highest BCUT2D eigenvalue weighted by molar-refractivity contribution is 5.73. The molecule has 3 nitrogen and oxygen atoms in total. The number of pyridine rings is 1. The van der Waals surface area contributed by atoms with Gasteiger partial charge in [-0.25, -0.2) is 0 Å². The van der Waals surface area contributed by atoms with Crippen molar-refractivity contribution >= 4 is 0 Å². The molecule has 0 atom stereocenters. The summed E-state index contributed by atoms with van der Waals surface area (Å²) in [7, 11) is 0. The molecular weight excluding hydrogens is 284 g/mol. The Kier molecular flexibility index (Phi) is 5.23. The van der Waals surface area contributed by atoms with Gasteiger partial charge in [-0.15, -0.1) is 0 Å². The van der Waals surface area contributed by atoms with E-state index < -0.39 is 0 Å². The highest BCUT2D eigenvalue weighted by Gasteiger charge is 2.21. The Hall–Kier alpha value is -1.71. The minimum atomic E-state index is -0.0230. The van der Waals surface area contributed by atoms with Gasteiger partial charge in [-0.1, -0.05) is 50.6 Å². The van der Waals surface area contributed by atoms with Gasteiger partial charge in [0, 0.05) is 23.5 Å². The van der Waals surface area contributed by atoms with Crippen LogP contribution in [0.4, 0.5) is 0 Å². The first kappa shape index (κ1) is 17.6. The molecule has 0 bridgehead atoms. The molecule has 0 fully saturated rings. The van der Waals surface area contributed by atoms with Crippen LogP contribution in [-0.2, 0) is 19.6 Å². The third-order valence-corrected chi connectivity index (χ3v) is 4.09. The van der Waals surface area contributed by atoms with Gasteiger partial charge < -0.3 is 10.8 Å². The molecule has 0 spiro atoms. The Labute approximate surface area is 139 Å². The summed E-state index contributed by atoms with van der Waals surface area (Å²) in [5.74, 6) is 0. The fourth-order valence-electron chi connectivity index (χ4n) is 2.98. The van der Waals surface area contributed by atoms with Crippen molar-refractivity contribution in [3.8, 4) is 11.1 Å². The lowest BCUT2D eigenvalue weighted by Gasteiger charge is -2.24. The minimum Gasteiger partial charge on any atom is -0.392 e. The van der Waals surface area contributed by atoms with E-state index in [1.807, 2.05) is 6.92 Å². The Morgan fingerprint density at radius 1 is 1.04 bits per heavy atom. The van der Waals surface area contributed by atoms with Crippen LogP contribution in [0.3, 0.4) is 0 Å². The average molecular weight is 312 g/mol. The van der Waals surface area contributed by atoms with E-state index in [1.54, 1.807) is 0 Å². The largest absolute Gasteiger partial charge is 0.392 e. The smallest absolute Gasteiger partial charge is 0.0705 e. The topological polar surface area (TPSA) is 59.1 Å². The lowest BCUT2D eigenvalue weighted by Crippen LogP contribution is -2.17. The van der Waals surface area contributed by atoms with Crippen molar-refractivity contribution in [2.24, 2.45) is 11.1 Å². The molecule has 0 saturated heterocycles. The Balaban J connectivity index is 2.73. The number of hydrogen-bond donors (Lipinski definition) is 2. The molecule has 3 N–H and O–H groups in total. The predicted molar refractivity (Wildman–Crippen MR) is 96.1 cm³/mol. The van der Waals surface area contributed by atoms with Gasteiger partial charge in [0.25, 0.3) is 0 Å². The number of benzene rings is 1. The standard InChI is InChI=1S/C20H28N2O/c1-13-6-8-15(9-7-13)19-16(11-21)18(10-20(3,4)5)22-14(2)17(19)12-23/h6-9,23H,10-12,21H2,1-5H3. The van der Waals surface area contributed by atoms with Crippen LogP contribution in [0.2, 0.25) is 0 Å². The van der Waals surface area contributed by atoms with Gasteiger partial charge in [-0.05, 0) is 42.4 Å². The number of hydrogen-bond acceptors (Lipinski definition) is 3. The van der Waals surface area contributed by atoms with Crippen LogP contribution in [0.25, 0.3) is 11.1 Å². The van der Waals surface area contributed by atoms with E-state index >= 15 is 0 Å². The molecule has 0 saturated carbocycles. The number of aliphatic hydroxyl groups is 1. The van der Waals surface area contributed by atoms with Gasteiger partial charge in [0.05, 0.1) is 6.61 Å². The molecule has 0 amide bonds. The second-order valence-corrected chi connectivity index (χ2v) is 7.44. The van der Waals surface area contributed by atoms with E-state index in [2.05, 4.69) is 52.0 Å². The maximum atomic E-state index is 9.88. The second-order valence-electron chi connectivity index (χ2n) is 7.44. The number of nitrogens with two attached hydrogens (primary N) is 1. The number of aliphatic hydroxyl groups excluding tert-OH is 1. The summed E-state index contributed by atoms with van der Waals surface area (Å²) in [6.07, 6.45) is 0.866. The molecule has 1 heterocycles. The van der Waals surface area contributed by atoms with Crippen molar-refractivity contribution in [2.75, 3.05) is 0 Å². The number of rotatable bonds is 4. The molecule has 0 aliphatic heterocycles. The molecular formula is C20H28N2O. The molecule has 0 aliphatic rings. The van der Waals surface area contributed by atoms with Crippen LogP contribution >= 0.6 is 0 Å². The Morgan fingerprint density at radius 2 is 1.65 bits per heavy atom. The zero-order valence-corrected chi connectivity index (χ0v) is 14.9. The van der Waals surface area contributed by atoms with E-state index in [9.17, 15) is 5.11 Å². The zero-order chi connectivity index (χ0) is 17.2. The molecule has 0 radical (unpaired) electrons. The van der Waals surface area contributed by atoms with Gasteiger partial charge in [-0.3, -0.25) is 4.98 Å². The summed E-state index contributed by atoms with van der Waals surface area (Å²) in [6.45, 7) is 11.1. The average Bonchev–Trinajstić information content (AvgIpc) is 2.46. The van der Waals surface area contributed by atoms with E-state index in [0.717, 1.165) is 40.1 Å². The zero-order valence-electron chi connectivity index (χ0n) is 14.9. The predicted octanol–water partition coefficient (Wildman–Crippen LogP) is 3.91. The molecule has 1 aromatic carbocycles. The lowest BCUT2D eigenvalue weighted by molar-refractivity contribution is 0.280. The summed E-state index contributed by atoms with van der Waals surface area (Å²) in [5, 5.41) is 9.88. The normalized spacial score (nSPS) is 11.8. The van der Waals surface area contributed by atoms with E-state index in [1.165, 1.54) is 5.56 Å². The second kappa shape index (κ2) is 6.81. The van der Waals surface area contributed by atoms with Crippen LogP contribution in [-0.4, -0.2) is 10.1 Å². The molecule has 1 aromatic heterocycles. The molecule has 2 rings (SSSR count). The van der Waals surface area contributed by atoms with Crippen LogP contribution < -0.4 is 5.73 Å². The first-order valence-electron chi connectivity index (χ1n) is 8.16. The number of aryl methyl sites for hydroxylation is 2. The Bertz CT molecular complexity index is 682. The molecule has 23 heavy (non-hydrogen) atoms. The summed E-state index contributed by atoms with van der Waals surface area (Å²) in [4.78, 5) is 4.76. The van der Waals surface area contributed by atoms with Crippen molar-refractivity contribution in [1.29, 1.82) is 0 Å². The van der Waals surface area contributed by atoms with Crippen molar-refractivity contribution in [3.63, 3.8) is 0 Å². The van der Waals surface area contributed by atoms with Crippen LogP contribution in [0.5, 0.6) is 0 Å². The maximum Gasteiger partial charge on any atom is 0.0705 e. The molecule has 3 heteroatoms. The highest BCUT2D eigenvalue weighted by Crippen LogP contribution is 2.33. The quantitative estimate of drug-likeness (QED) is 0.900. The van der Waals surface area contributed by atoms with Crippen LogP contribution in [0, 0.1) is 19.3 Å². The number of nitrogens with zero attached hydrogens (tertiary/aromatic N) is 1. The fourth-order valence-corrected chi connectivity index (χ4v) is 2.98. The molecule has 2 aromatic rings.